The molecular formula is C12H23NO4. The lowest BCUT2D eigenvalue weighted by Gasteiger charge is -2.43. The van der Waals surface area contributed by atoms with Gasteiger partial charge in [-0.1, -0.05) is 0 Å². The van der Waals surface area contributed by atoms with Gasteiger partial charge in [0.1, 0.15) is 5.60 Å². The summed E-state index contributed by atoms with van der Waals surface area (Å²) in [7, 11) is 1.68. The van der Waals surface area contributed by atoms with Crippen molar-refractivity contribution in [2.45, 2.75) is 44.8 Å². The Hall–Kier alpha value is -0.810. The highest BCUT2D eigenvalue weighted by Gasteiger charge is 2.40. The van der Waals surface area contributed by atoms with Gasteiger partial charge in [-0.05, 0) is 33.6 Å². The van der Waals surface area contributed by atoms with Gasteiger partial charge in [-0.2, -0.15) is 0 Å². The molecule has 100 valence electrons. The van der Waals surface area contributed by atoms with Crippen molar-refractivity contribution in [2.75, 3.05) is 26.9 Å². The topological polar surface area (TPSA) is 59.0 Å². The van der Waals surface area contributed by atoms with Gasteiger partial charge in [-0.25, -0.2) is 4.79 Å². The summed E-state index contributed by atoms with van der Waals surface area (Å²) in [5.74, 6) is 0. The van der Waals surface area contributed by atoms with Crippen molar-refractivity contribution in [2.24, 2.45) is 0 Å². The van der Waals surface area contributed by atoms with Gasteiger partial charge in [-0.3, -0.25) is 0 Å². The van der Waals surface area contributed by atoms with Crippen molar-refractivity contribution in [1.29, 1.82) is 0 Å². The van der Waals surface area contributed by atoms with Gasteiger partial charge in [0.05, 0.1) is 12.1 Å². The van der Waals surface area contributed by atoms with Crippen LogP contribution in [-0.2, 0) is 9.47 Å². The fourth-order valence-electron chi connectivity index (χ4n) is 1.87. The van der Waals surface area contributed by atoms with Gasteiger partial charge in [0, 0.05) is 20.3 Å². The SMILES string of the molecule is CN(C(=O)OC(C)(C)C)C1(CO)CCOCC1. The van der Waals surface area contributed by atoms with E-state index in [-0.39, 0.29) is 6.61 Å². The molecule has 0 radical (unpaired) electrons. The molecule has 0 bridgehead atoms. The van der Waals surface area contributed by atoms with Crippen LogP contribution < -0.4 is 0 Å². The minimum Gasteiger partial charge on any atom is -0.444 e. The van der Waals surface area contributed by atoms with Crippen LogP contribution in [0, 0.1) is 0 Å². The van der Waals surface area contributed by atoms with Crippen LogP contribution in [0.5, 0.6) is 0 Å². The highest BCUT2D eigenvalue weighted by molar-refractivity contribution is 5.69. The molecule has 0 aromatic heterocycles. The van der Waals surface area contributed by atoms with Crippen LogP contribution in [-0.4, -0.2) is 54.1 Å². The molecule has 0 aromatic rings. The van der Waals surface area contributed by atoms with E-state index in [1.807, 2.05) is 20.8 Å². The maximum absolute atomic E-state index is 12.0. The molecule has 0 atom stereocenters. The molecule has 17 heavy (non-hydrogen) atoms. The Morgan fingerprint density at radius 1 is 1.41 bits per heavy atom. The van der Waals surface area contributed by atoms with E-state index in [2.05, 4.69) is 0 Å². The zero-order valence-corrected chi connectivity index (χ0v) is 11.2. The van der Waals surface area contributed by atoms with Gasteiger partial charge in [0.25, 0.3) is 0 Å². The van der Waals surface area contributed by atoms with Crippen molar-refractivity contribution in [3.8, 4) is 0 Å². The summed E-state index contributed by atoms with van der Waals surface area (Å²) < 4.78 is 10.6. The molecule has 1 heterocycles. The number of carbonyl (C=O) groups is 1. The predicted molar refractivity (Wildman–Crippen MR) is 63.9 cm³/mol. The van der Waals surface area contributed by atoms with Crippen LogP contribution in [0.1, 0.15) is 33.6 Å². The lowest BCUT2D eigenvalue weighted by molar-refractivity contribution is -0.0557. The molecule has 1 N–H and O–H groups in total. The average Bonchev–Trinajstić information content (AvgIpc) is 2.26. The Labute approximate surface area is 103 Å². The molecule has 0 spiro atoms. The van der Waals surface area contributed by atoms with E-state index in [9.17, 15) is 9.90 Å². The fraction of sp³-hybridized carbons (Fsp3) is 0.917. The third kappa shape index (κ3) is 3.57. The summed E-state index contributed by atoms with van der Waals surface area (Å²) in [4.78, 5) is 13.5. The third-order valence-electron chi connectivity index (χ3n) is 3.10. The molecule has 0 aromatic carbocycles. The van der Waals surface area contributed by atoms with Crippen molar-refractivity contribution < 1.29 is 19.4 Å². The van der Waals surface area contributed by atoms with Crippen LogP contribution in [0.3, 0.4) is 0 Å². The van der Waals surface area contributed by atoms with Gasteiger partial charge >= 0.3 is 6.09 Å². The summed E-state index contributed by atoms with van der Waals surface area (Å²) in [6.45, 7) is 6.55. The fourth-order valence-corrected chi connectivity index (χ4v) is 1.87. The van der Waals surface area contributed by atoms with Crippen molar-refractivity contribution in [3.05, 3.63) is 0 Å². The smallest absolute Gasteiger partial charge is 0.410 e. The minimum atomic E-state index is -0.541. The summed E-state index contributed by atoms with van der Waals surface area (Å²) in [5.41, 5.74) is -1.06. The number of hydrogen-bond donors (Lipinski definition) is 1. The number of rotatable bonds is 2. The van der Waals surface area contributed by atoms with E-state index in [1.54, 1.807) is 7.05 Å². The number of ether oxygens (including phenoxy) is 2. The lowest BCUT2D eigenvalue weighted by Crippen LogP contribution is -2.56. The van der Waals surface area contributed by atoms with E-state index in [4.69, 9.17) is 9.47 Å². The number of amides is 1. The number of nitrogens with zero attached hydrogens (tertiary/aromatic N) is 1. The number of aliphatic hydroxyl groups is 1. The van der Waals surface area contributed by atoms with Gasteiger partial charge in [0.2, 0.25) is 0 Å². The molecular weight excluding hydrogens is 222 g/mol. The van der Waals surface area contributed by atoms with Gasteiger partial charge in [0.15, 0.2) is 0 Å². The van der Waals surface area contributed by atoms with E-state index < -0.39 is 17.2 Å². The molecule has 1 saturated heterocycles. The zero-order valence-electron chi connectivity index (χ0n) is 11.2. The van der Waals surface area contributed by atoms with E-state index in [0.29, 0.717) is 26.1 Å². The van der Waals surface area contributed by atoms with Crippen LogP contribution >= 0.6 is 0 Å². The van der Waals surface area contributed by atoms with Crippen molar-refractivity contribution >= 4 is 6.09 Å². The highest BCUT2D eigenvalue weighted by Crippen LogP contribution is 2.27. The Bertz CT molecular complexity index is 266. The number of carbonyl (C=O) groups excluding carboxylic acids is 1. The number of hydrogen-bond acceptors (Lipinski definition) is 4. The molecule has 1 fully saturated rings. The summed E-state index contributed by atoms with van der Waals surface area (Å²) >= 11 is 0. The van der Waals surface area contributed by atoms with Crippen LogP contribution in [0.4, 0.5) is 4.79 Å². The van der Waals surface area contributed by atoms with E-state index in [1.165, 1.54) is 4.90 Å². The standard InChI is InChI=1S/C12H23NO4/c1-11(2,3)17-10(15)13(4)12(9-14)5-7-16-8-6-12/h14H,5-9H2,1-4H3. The van der Waals surface area contributed by atoms with Crippen molar-refractivity contribution in [3.63, 3.8) is 0 Å². The lowest BCUT2D eigenvalue weighted by atomic mass is 9.89. The molecule has 1 aliphatic rings. The first-order valence-corrected chi connectivity index (χ1v) is 5.96. The minimum absolute atomic E-state index is 0.0634. The van der Waals surface area contributed by atoms with E-state index in [0.717, 1.165) is 0 Å². The second-order valence-electron chi connectivity index (χ2n) is 5.53. The van der Waals surface area contributed by atoms with Gasteiger partial charge < -0.3 is 19.5 Å². The van der Waals surface area contributed by atoms with Crippen LogP contribution in [0.2, 0.25) is 0 Å². The largest absolute Gasteiger partial charge is 0.444 e. The number of likely N-dealkylation sites (N-methyl/N-ethyl adjacent to an activating group) is 1. The first-order valence-electron chi connectivity index (χ1n) is 5.96. The predicted octanol–water partition coefficient (Wildman–Crippen LogP) is 1.39. The normalized spacial score (nSPS) is 19.8. The Kier molecular flexibility index (Phi) is 4.38. The highest BCUT2D eigenvalue weighted by atomic mass is 16.6. The van der Waals surface area contributed by atoms with Crippen LogP contribution in [0.15, 0.2) is 0 Å². The van der Waals surface area contributed by atoms with Crippen molar-refractivity contribution in [1.82, 2.24) is 4.90 Å². The average molecular weight is 245 g/mol. The first-order chi connectivity index (χ1) is 7.81. The molecule has 0 saturated carbocycles. The second kappa shape index (κ2) is 5.23. The Balaban J connectivity index is 2.71. The molecule has 1 amide bonds. The second-order valence-corrected chi connectivity index (χ2v) is 5.53. The first kappa shape index (κ1) is 14.3. The maximum atomic E-state index is 12.0. The summed E-state index contributed by atoms with van der Waals surface area (Å²) in [5, 5.41) is 9.55. The molecule has 1 aliphatic heterocycles. The monoisotopic (exact) mass is 245 g/mol. The molecule has 0 unspecified atom stereocenters. The Morgan fingerprint density at radius 2 is 1.94 bits per heavy atom. The molecule has 5 heteroatoms. The third-order valence-corrected chi connectivity index (χ3v) is 3.10. The summed E-state index contributed by atoms with van der Waals surface area (Å²) in [6, 6.07) is 0. The van der Waals surface area contributed by atoms with Gasteiger partial charge in [-0.15, -0.1) is 0 Å². The summed E-state index contributed by atoms with van der Waals surface area (Å²) in [6.07, 6.45) is 0.881. The van der Waals surface area contributed by atoms with E-state index >= 15 is 0 Å². The zero-order chi connectivity index (χ0) is 13.1. The molecule has 1 rings (SSSR count). The van der Waals surface area contributed by atoms with Crippen LogP contribution in [0.25, 0.3) is 0 Å². The maximum Gasteiger partial charge on any atom is 0.410 e. The number of aliphatic hydroxyl groups excluding tert-OH is 1. The Morgan fingerprint density at radius 3 is 2.35 bits per heavy atom. The molecule has 0 aliphatic carbocycles. The quantitative estimate of drug-likeness (QED) is 0.798. The molecule has 5 nitrogen and oxygen atoms in total.